The molecule has 0 bridgehead atoms. The maximum absolute atomic E-state index is 13.0. The number of piperidine rings is 1. The average Bonchev–Trinajstić information content (AvgIpc) is 2.68. The summed E-state index contributed by atoms with van der Waals surface area (Å²) in [4.78, 5) is 26.1. The number of ketones is 1. The van der Waals surface area contributed by atoms with Crippen LogP contribution in [0.2, 0.25) is 0 Å². The standard InChI is InChI=1S/C18H24N2O5S/c1-14(21)15-4-2-6-17(12-15)26(23,24)20-7-3-5-16(13-20)18(22)19-8-10-25-11-9-19/h2,4,6,12,16H,3,5,7-11,13H2,1H3. The van der Waals surface area contributed by atoms with Gasteiger partial charge >= 0.3 is 0 Å². The summed E-state index contributed by atoms with van der Waals surface area (Å²) in [5, 5.41) is 0. The molecule has 2 aliphatic rings. The van der Waals surface area contributed by atoms with Crippen LogP contribution >= 0.6 is 0 Å². The van der Waals surface area contributed by atoms with Crippen molar-refractivity contribution in [1.82, 2.24) is 9.21 Å². The molecule has 1 atom stereocenters. The van der Waals surface area contributed by atoms with Crippen molar-refractivity contribution in [3.63, 3.8) is 0 Å². The largest absolute Gasteiger partial charge is 0.378 e. The van der Waals surface area contributed by atoms with E-state index in [9.17, 15) is 18.0 Å². The fraction of sp³-hybridized carbons (Fsp3) is 0.556. The zero-order chi connectivity index (χ0) is 18.7. The minimum absolute atomic E-state index is 0.00527. The second kappa shape index (κ2) is 7.85. The number of carbonyl (C=O) groups is 2. The van der Waals surface area contributed by atoms with Crippen LogP contribution in [0.3, 0.4) is 0 Å². The number of nitrogens with zero attached hydrogens (tertiary/aromatic N) is 2. The SMILES string of the molecule is CC(=O)c1cccc(S(=O)(=O)N2CCCC(C(=O)N3CCOCC3)C2)c1. The van der Waals surface area contributed by atoms with Crippen LogP contribution in [-0.2, 0) is 19.6 Å². The molecular weight excluding hydrogens is 356 g/mol. The first-order valence-electron chi connectivity index (χ1n) is 8.87. The molecule has 2 saturated heterocycles. The molecular formula is C18H24N2O5S. The highest BCUT2D eigenvalue weighted by Crippen LogP contribution is 2.26. The van der Waals surface area contributed by atoms with Crippen LogP contribution in [0, 0.1) is 5.92 Å². The van der Waals surface area contributed by atoms with Crippen LogP contribution in [0.25, 0.3) is 0 Å². The summed E-state index contributed by atoms with van der Waals surface area (Å²) in [5.41, 5.74) is 0.365. The summed E-state index contributed by atoms with van der Waals surface area (Å²) in [6.07, 6.45) is 1.34. The third kappa shape index (κ3) is 3.97. The first-order chi connectivity index (χ1) is 12.4. The van der Waals surface area contributed by atoms with Crippen molar-refractivity contribution in [2.75, 3.05) is 39.4 Å². The number of morpholine rings is 1. The van der Waals surface area contributed by atoms with Gasteiger partial charge in [0.25, 0.3) is 0 Å². The zero-order valence-corrected chi connectivity index (χ0v) is 15.7. The summed E-state index contributed by atoms with van der Waals surface area (Å²) < 4.78 is 32.6. The number of Topliss-reactive ketones (excluding diaryl/α,β-unsaturated/α-hetero) is 1. The van der Waals surface area contributed by atoms with Crippen molar-refractivity contribution in [2.45, 2.75) is 24.7 Å². The number of benzene rings is 1. The van der Waals surface area contributed by atoms with Gasteiger partial charge in [-0.1, -0.05) is 12.1 Å². The molecule has 1 unspecified atom stereocenters. The minimum Gasteiger partial charge on any atom is -0.378 e. The van der Waals surface area contributed by atoms with Gasteiger partial charge in [-0.25, -0.2) is 8.42 Å². The summed E-state index contributed by atoms with van der Waals surface area (Å²) in [6, 6.07) is 6.08. The molecule has 0 N–H and O–H groups in total. The van der Waals surface area contributed by atoms with Crippen LogP contribution in [0.1, 0.15) is 30.1 Å². The lowest BCUT2D eigenvalue weighted by Gasteiger charge is -2.35. The van der Waals surface area contributed by atoms with Crippen molar-refractivity contribution < 1.29 is 22.7 Å². The smallest absolute Gasteiger partial charge is 0.243 e. The maximum atomic E-state index is 13.0. The van der Waals surface area contributed by atoms with Gasteiger partial charge in [-0.3, -0.25) is 9.59 Å². The molecule has 8 heteroatoms. The molecule has 0 radical (unpaired) electrons. The van der Waals surface area contributed by atoms with E-state index in [2.05, 4.69) is 0 Å². The Morgan fingerprint density at radius 3 is 2.58 bits per heavy atom. The lowest BCUT2D eigenvalue weighted by molar-refractivity contribution is -0.140. The van der Waals surface area contributed by atoms with E-state index < -0.39 is 10.0 Å². The third-order valence-electron chi connectivity index (χ3n) is 4.93. The van der Waals surface area contributed by atoms with E-state index in [1.807, 2.05) is 0 Å². The molecule has 2 heterocycles. The number of amides is 1. The molecule has 1 aromatic carbocycles. The van der Waals surface area contributed by atoms with Crippen LogP contribution in [0.4, 0.5) is 0 Å². The van der Waals surface area contributed by atoms with Crippen LogP contribution < -0.4 is 0 Å². The number of sulfonamides is 1. The molecule has 2 aliphatic heterocycles. The predicted molar refractivity (Wildman–Crippen MR) is 95.3 cm³/mol. The Hall–Kier alpha value is -1.77. The lowest BCUT2D eigenvalue weighted by Crippen LogP contribution is -2.49. The Kier molecular flexibility index (Phi) is 5.74. The van der Waals surface area contributed by atoms with Gasteiger partial charge < -0.3 is 9.64 Å². The van der Waals surface area contributed by atoms with Gasteiger partial charge in [0.05, 0.1) is 24.0 Å². The van der Waals surface area contributed by atoms with E-state index in [1.54, 1.807) is 17.0 Å². The predicted octanol–water partition coefficient (Wildman–Crippen LogP) is 1.15. The first kappa shape index (κ1) is 19.0. The molecule has 0 aromatic heterocycles. The highest BCUT2D eigenvalue weighted by molar-refractivity contribution is 7.89. The lowest BCUT2D eigenvalue weighted by atomic mass is 9.98. The third-order valence-corrected chi connectivity index (χ3v) is 6.80. The molecule has 0 saturated carbocycles. The highest BCUT2D eigenvalue weighted by atomic mass is 32.2. The average molecular weight is 380 g/mol. The van der Waals surface area contributed by atoms with Gasteiger partial charge in [0.15, 0.2) is 5.78 Å². The second-order valence-electron chi connectivity index (χ2n) is 6.72. The quantitative estimate of drug-likeness (QED) is 0.732. The first-order valence-corrected chi connectivity index (χ1v) is 10.3. The summed E-state index contributed by atoms with van der Waals surface area (Å²) in [7, 11) is -3.73. The van der Waals surface area contributed by atoms with E-state index in [1.165, 1.54) is 23.4 Å². The summed E-state index contributed by atoms with van der Waals surface area (Å²) >= 11 is 0. The van der Waals surface area contributed by atoms with Crippen molar-refractivity contribution in [1.29, 1.82) is 0 Å². The van der Waals surface area contributed by atoms with Gasteiger partial charge in [-0.15, -0.1) is 0 Å². The molecule has 7 nitrogen and oxygen atoms in total. The minimum atomic E-state index is -3.73. The maximum Gasteiger partial charge on any atom is 0.243 e. The molecule has 2 fully saturated rings. The molecule has 26 heavy (non-hydrogen) atoms. The molecule has 3 rings (SSSR count). The topological polar surface area (TPSA) is 84.0 Å². The Bertz CT molecular complexity index is 787. The highest BCUT2D eigenvalue weighted by Gasteiger charge is 2.35. The summed E-state index contributed by atoms with van der Waals surface area (Å²) in [6.45, 7) is 4.15. The van der Waals surface area contributed by atoms with E-state index in [0.29, 0.717) is 51.3 Å². The van der Waals surface area contributed by atoms with E-state index in [-0.39, 0.29) is 29.0 Å². The molecule has 0 aliphatic carbocycles. The molecule has 0 spiro atoms. The monoisotopic (exact) mass is 380 g/mol. The van der Waals surface area contributed by atoms with Crippen molar-refractivity contribution in [2.24, 2.45) is 5.92 Å². The van der Waals surface area contributed by atoms with E-state index in [4.69, 9.17) is 4.74 Å². The van der Waals surface area contributed by atoms with Crippen molar-refractivity contribution in [3.05, 3.63) is 29.8 Å². The van der Waals surface area contributed by atoms with Crippen LogP contribution in [0.15, 0.2) is 29.2 Å². The van der Waals surface area contributed by atoms with Gasteiger partial charge in [-0.05, 0) is 31.9 Å². The number of ether oxygens (including phenoxy) is 1. The number of hydrogen-bond donors (Lipinski definition) is 0. The van der Waals surface area contributed by atoms with Crippen molar-refractivity contribution >= 4 is 21.7 Å². The Morgan fingerprint density at radius 2 is 1.88 bits per heavy atom. The molecule has 1 aromatic rings. The Labute approximate surface area is 154 Å². The van der Waals surface area contributed by atoms with Gasteiger partial charge in [-0.2, -0.15) is 4.31 Å². The van der Waals surface area contributed by atoms with Crippen molar-refractivity contribution in [3.8, 4) is 0 Å². The Morgan fingerprint density at radius 1 is 1.15 bits per heavy atom. The fourth-order valence-electron chi connectivity index (χ4n) is 3.43. The number of rotatable bonds is 4. The summed E-state index contributed by atoms with van der Waals surface area (Å²) in [5.74, 6) is -0.501. The number of carbonyl (C=O) groups excluding carboxylic acids is 2. The Balaban J connectivity index is 1.76. The molecule has 142 valence electrons. The normalized spacial score (nSPS) is 22.2. The zero-order valence-electron chi connectivity index (χ0n) is 14.9. The van der Waals surface area contributed by atoms with Crippen LogP contribution in [-0.4, -0.2) is 68.7 Å². The van der Waals surface area contributed by atoms with Crippen LogP contribution in [0.5, 0.6) is 0 Å². The molecule has 1 amide bonds. The number of hydrogen-bond acceptors (Lipinski definition) is 5. The second-order valence-corrected chi connectivity index (χ2v) is 8.66. The van der Waals surface area contributed by atoms with Gasteiger partial charge in [0.1, 0.15) is 0 Å². The van der Waals surface area contributed by atoms with Gasteiger partial charge in [0.2, 0.25) is 15.9 Å². The fourth-order valence-corrected chi connectivity index (χ4v) is 5.00. The van der Waals surface area contributed by atoms with Gasteiger partial charge in [0, 0.05) is 31.7 Å². The van der Waals surface area contributed by atoms with E-state index >= 15 is 0 Å². The van der Waals surface area contributed by atoms with E-state index in [0.717, 1.165) is 0 Å².